The van der Waals surface area contributed by atoms with Crippen molar-refractivity contribution in [2.45, 2.75) is 74.6 Å². The summed E-state index contributed by atoms with van der Waals surface area (Å²) in [5.74, 6) is 0.566. The van der Waals surface area contributed by atoms with Crippen LogP contribution in [0.15, 0.2) is 0 Å². The number of alkyl halides is 1. The maximum Gasteiger partial charge on any atom is 0.239 e. The summed E-state index contributed by atoms with van der Waals surface area (Å²) in [4.78, 5) is 18.1. The van der Waals surface area contributed by atoms with E-state index < -0.39 is 0 Å². The zero-order valence-electron chi connectivity index (χ0n) is 15.3. The van der Waals surface area contributed by atoms with Gasteiger partial charge in [-0.1, -0.05) is 12.8 Å². The van der Waals surface area contributed by atoms with Crippen LogP contribution in [-0.4, -0.2) is 66.8 Å². The summed E-state index contributed by atoms with van der Waals surface area (Å²) in [6.45, 7) is 3.37. The van der Waals surface area contributed by atoms with Crippen molar-refractivity contribution in [1.82, 2.24) is 21.2 Å². The van der Waals surface area contributed by atoms with Crippen molar-refractivity contribution in [2.75, 3.05) is 26.2 Å². The van der Waals surface area contributed by atoms with Crippen molar-refractivity contribution < 1.29 is 14.4 Å². The van der Waals surface area contributed by atoms with Crippen LogP contribution in [0.4, 0.5) is 0 Å². The maximum atomic E-state index is 12.5. The van der Waals surface area contributed by atoms with E-state index in [2.05, 4.69) is 21.2 Å². The molecule has 0 spiro atoms. The first kappa shape index (κ1) is 18.9. The highest BCUT2D eigenvalue weighted by molar-refractivity contribution is 6.20. The molecule has 0 bridgehead atoms. The summed E-state index contributed by atoms with van der Waals surface area (Å²) in [6.07, 6.45) is 7.75. The summed E-state index contributed by atoms with van der Waals surface area (Å²) < 4.78 is 5.67. The van der Waals surface area contributed by atoms with Gasteiger partial charge >= 0.3 is 0 Å². The van der Waals surface area contributed by atoms with Gasteiger partial charge in [-0.05, 0) is 31.6 Å². The molecule has 0 radical (unpaired) electrons. The van der Waals surface area contributed by atoms with Crippen molar-refractivity contribution in [2.24, 2.45) is 5.92 Å². The monoisotopic (exact) mass is 386 g/mol. The van der Waals surface area contributed by atoms with Crippen LogP contribution in [0.5, 0.6) is 0 Å². The molecule has 0 aromatic heterocycles. The van der Waals surface area contributed by atoms with Gasteiger partial charge in [0, 0.05) is 38.0 Å². The number of nitrogens with one attached hydrogen (secondary N) is 3. The number of halogens is 1. The van der Waals surface area contributed by atoms with Gasteiger partial charge in [-0.2, -0.15) is 5.48 Å². The molecule has 3 aliphatic heterocycles. The number of hydrazine groups is 1. The van der Waals surface area contributed by atoms with E-state index in [0.29, 0.717) is 12.3 Å². The van der Waals surface area contributed by atoms with Crippen molar-refractivity contribution in [1.29, 1.82) is 0 Å². The fourth-order valence-electron chi connectivity index (χ4n) is 4.61. The van der Waals surface area contributed by atoms with Crippen LogP contribution in [0.1, 0.15) is 44.9 Å². The normalized spacial score (nSPS) is 41.6. The lowest BCUT2D eigenvalue weighted by Gasteiger charge is -2.30. The number of carbonyl (C=O) groups excluding carboxylic acids is 1. The van der Waals surface area contributed by atoms with Gasteiger partial charge in [-0.25, -0.2) is 5.01 Å². The molecular weight excluding hydrogens is 356 g/mol. The number of ether oxygens (including phenoxy) is 1. The van der Waals surface area contributed by atoms with Gasteiger partial charge in [0.1, 0.15) is 12.1 Å². The standard InChI is InChI=1S/C18H31ClN4O3/c19-14-5-2-1-4-12(14)10-23-11-13(9-20-23)21-18(24)15-8-17(26-22-15)16-6-3-7-25-16/h12-17,20,22H,1-11H2,(H,21,24). The van der Waals surface area contributed by atoms with Gasteiger partial charge in [0.2, 0.25) is 5.91 Å². The lowest BCUT2D eigenvalue weighted by atomic mass is 9.88. The Balaban J connectivity index is 1.19. The van der Waals surface area contributed by atoms with Gasteiger partial charge in [-0.3, -0.25) is 15.1 Å². The van der Waals surface area contributed by atoms with Gasteiger partial charge in [-0.15, -0.1) is 11.6 Å². The molecule has 1 amide bonds. The Morgan fingerprint density at radius 1 is 1.19 bits per heavy atom. The summed E-state index contributed by atoms with van der Waals surface area (Å²) in [6, 6.07) is -0.160. The molecule has 6 unspecified atom stereocenters. The van der Waals surface area contributed by atoms with Crippen molar-refractivity contribution in [3.63, 3.8) is 0 Å². The molecule has 3 N–H and O–H groups in total. The molecule has 3 heterocycles. The highest BCUT2D eigenvalue weighted by atomic mass is 35.5. The van der Waals surface area contributed by atoms with Crippen LogP contribution >= 0.6 is 11.6 Å². The first-order chi connectivity index (χ1) is 12.7. The van der Waals surface area contributed by atoms with E-state index in [0.717, 1.165) is 45.5 Å². The Morgan fingerprint density at radius 2 is 2.08 bits per heavy atom. The van der Waals surface area contributed by atoms with E-state index in [-0.39, 0.29) is 35.6 Å². The highest BCUT2D eigenvalue weighted by Gasteiger charge is 2.38. The minimum absolute atomic E-state index is 0.0154. The Bertz CT molecular complexity index is 491. The van der Waals surface area contributed by atoms with Gasteiger partial charge in [0.05, 0.1) is 12.1 Å². The number of rotatable bonds is 5. The summed E-state index contributed by atoms with van der Waals surface area (Å²) >= 11 is 6.48. The van der Waals surface area contributed by atoms with E-state index >= 15 is 0 Å². The SMILES string of the molecule is O=C(NC1CNN(CC2CCCCC2Cl)C1)C1CC(C2CCCO2)ON1. The molecule has 7 nitrogen and oxygen atoms in total. The first-order valence-electron chi connectivity index (χ1n) is 10.1. The number of hydrogen-bond donors (Lipinski definition) is 3. The van der Waals surface area contributed by atoms with E-state index in [4.69, 9.17) is 21.2 Å². The summed E-state index contributed by atoms with van der Waals surface area (Å²) in [5, 5.41) is 5.66. The maximum absolute atomic E-state index is 12.5. The fourth-order valence-corrected chi connectivity index (χ4v) is 4.97. The molecule has 6 atom stereocenters. The van der Waals surface area contributed by atoms with Gasteiger partial charge in [0.25, 0.3) is 0 Å². The lowest BCUT2D eigenvalue weighted by molar-refractivity contribution is -0.125. The van der Waals surface area contributed by atoms with Crippen molar-refractivity contribution >= 4 is 17.5 Å². The Labute approximate surface area is 160 Å². The summed E-state index contributed by atoms with van der Waals surface area (Å²) in [7, 11) is 0. The second-order valence-electron chi connectivity index (χ2n) is 8.15. The largest absolute Gasteiger partial charge is 0.375 e. The third kappa shape index (κ3) is 4.51. The van der Waals surface area contributed by atoms with Crippen LogP contribution in [-0.2, 0) is 14.4 Å². The van der Waals surface area contributed by atoms with Gasteiger partial charge < -0.3 is 10.1 Å². The number of hydrogen-bond acceptors (Lipinski definition) is 6. The van der Waals surface area contributed by atoms with E-state index in [1.807, 2.05) is 0 Å². The number of amides is 1. The second kappa shape index (κ2) is 8.71. The first-order valence-corrected chi connectivity index (χ1v) is 10.6. The zero-order chi connectivity index (χ0) is 17.9. The van der Waals surface area contributed by atoms with Crippen LogP contribution in [0.3, 0.4) is 0 Å². The zero-order valence-corrected chi connectivity index (χ0v) is 16.0. The van der Waals surface area contributed by atoms with Crippen molar-refractivity contribution in [3.8, 4) is 0 Å². The van der Waals surface area contributed by atoms with Gasteiger partial charge in [0.15, 0.2) is 0 Å². The second-order valence-corrected chi connectivity index (χ2v) is 8.71. The predicted molar refractivity (Wildman–Crippen MR) is 98.5 cm³/mol. The van der Waals surface area contributed by atoms with Crippen LogP contribution in [0, 0.1) is 5.92 Å². The minimum atomic E-state index is -0.288. The molecule has 1 saturated carbocycles. The predicted octanol–water partition coefficient (Wildman–Crippen LogP) is 0.930. The quantitative estimate of drug-likeness (QED) is 0.610. The molecule has 148 valence electrons. The molecule has 4 fully saturated rings. The smallest absolute Gasteiger partial charge is 0.239 e. The third-order valence-electron chi connectivity index (χ3n) is 6.15. The molecule has 0 aromatic carbocycles. The van der Waals surface area contributed by atoms with E-state index in [1.165, 1.54) is 19.3 Å². The van der Waals surface area contributed by atoms with Crippen LogP contribution in [0.25, 0.3) is 0 Å². The van der Waals surface area contributed by atoms with Crippen molar-refractivity contribution in [3.05, 3.63) is 0 Å². The number of hydroxylamine groups is 1. The highest BCUT2D eigenvalue weighted by Crippen LogP contribution is 2.29. The molecule has 3 saturated heterocycles. The molecule has 4 rings (SSSR count). The average molecular weight is 387 g/mol. The molecule has 26 heavy (non-hydrogen) atoms. The molecule has 0 aromatic rings. The molecule has 1 aliphatic carbocycles. The topological polar surface area (TPSA) is 74.9 Å². The lowest BCUT2D eigenvalue weighted by Crippen LogP contribution is -2.47. The van der Waals surface area contributed by atoms with E-state index in [1.54, 1.807) is 0 Å². The fraction of sp³-hybridized carbons (Fsp3) is 0.944. The number of nitrogens with zero attached hydrogens (tertiary/aromatic N) is 1. The van der Waals surface area contributed by atoms with E-state index in [9.17, 15) is 4.79 Å². The molecule has 8 heteroatoms. The molecule has 4 aliphatic rings. The summed E-state index contributed by atoms with van der Waals surface area (Å²) in [5.41, 5.74) is 6.31. The minimum Gasteiger partial charge on any atom is -0.375 e. The Morgan fingerprint density at radius 3 is 2.88 bits per heavy atom. The van der Waals surface area contributed by atoms with Crippen LogP contribution in [0.2, 0.25) is 0 Å². The Kier molecular flexibility index (Phi) is 6.33. The third-order valence-corrected chi connectivity index (χ3v) is 6.72. The average Bonchev–Trinajstić information content (AvgIpc) is 3.38. The molecular formula is C18H31ClN4O3. The number of carbonyl (C=O) groups is 1. The Hall–Kier alpha value is -0.440. The van der Waals surface area contributed by atoms with Crippen LogP contribution < -0.4 is 16.2 Å².